The third-order valence-electron chi connectivity index (χ3n) is 4.94. The fourth-order valence-corrected chi connectivity index (χ4v) is 3.75. The molecule has 22 heavy (non-hydrogen) atoms. The smallest absolute Gasteiger partial charge is 0.231 e. The molecule has 4 rings (SSSR count). The Balaban J connectivity index is 1.55. The zero-order chi connectivity index (χ0) is 14.9. The first-order chi connectivity index (χ1) is 10.8. The molecule has 2 unspecified atom stereocenters. The van der Waals surface area contributed by atoms with Gasteiger partial charge in [-0.3, -0.25) is 4.79 Å². The molecule has 1 aromatic rings. The molecule has 0 spiro atoms. The molecule has 4 nitrogen and oxygen atoms in total. The molecule has 116 valence electrons. The van der Waals surface area contributed by atoms with Gasteiger partial charge in [-0.15, -0.1) is 0 Å². The van der Waals surface area contributed by atoms with Crippen LogP contribution >= 0.6 is 0 Å². The molecule has 0 bridgehead atoms. The summed E-state index contributed by atoms with van der Waals surface area (Å²) in [7, 11) is 0. The lowest BCUT2D eigenvalue weighted by molar-refractivity contribution is -0.136. The van der Waals surface area contributed by atoms with Crippen LogP contribution in [0.5, 0.6) is 11.5 Å². The van der Waals surface area contributed by atoms with Crippen LogP contribution in [-0.4, -0.2) is 24.1 Å². The Morgan fingerprint density at radius 2 is 2.05 bits per heavy atom. The van der Waals surface area contributed by atoms with Gasteiger partial charge in [0.15, 0.2) is 11.5 Å². The molecule has 1 saturated heterocycles. The number of fused-ring (bicyclic) bond motifs is 1. The Bertz CT molecular complexity index is 610. The van der Waals surface area contributed by atoms with E-state index in [9.17, 15) is 4.79 Å². The molecule has 4 heteroatoms. The summed E-state index contributed by atoms with van der Waals surface area (Å²) in [6.07, 6.45) is 9.35. The SMILES string of the molecule is O=C(C1CC=CCC1)N1CCCC1c1ccc2c(c1)OCO2. The molecule has 1 aliphatic carbocycles. The van der Waals surface area contributed by atoms with Gasteiger partial charge in [0.1, 0.15) is 0 Å². The van der Waals surface area contributed by atoms with Crippen molar-refractivity contribution in [3.63, 3.8) is 0 Å². The number of amides is 1. The summed E-state index contributed by atoms with van der Waals surface area (Å²) in [6, 6.07) is 6.26. The number of carbonyl (C=O) groups excluding carboxylic acids is 1. The maximum absolute atomic E-state index is 12.9. The summed E-state index contributed by atoms with van der Waals surface area (Å²) in [6.45, 7) is 1.17. The van der Waals surface area contributed by atoms with Gasteiger partial charge in [0.05, 0.1) is 6.04 Å². The van der Waals surface area contributed by atoms with Crippen molar-refractivity contribution in [2.24, 2.45) is 5.92 Å². The van der Waals surface area contributed by atoms with Gasteiger partial charge in [-0.2, -0.15) is 0 Å². The van der Waals surface area contributed by atoms with E-state index in [4.69, 9.17) is 9.47 Å². The first kappa shape index (κ1) is 13.7. The van der Waals surface area contributed by atoms with E-state index in [1.165, 1.54) is 5.56 Å². The van der Waals surface area contributed by atoms with Crippen molar-refractivity contribution in [2.45, 2.75) is 38.1 Å². The van der Waals surface area contributed by atoms with Crippen LogP contribution in [0.3, 0.4) is 0 Å². The Labute approximate surface area is 130 Å². The van der Waals surface area contributed by atoms with Crippen LogP contribution in [0.2, 0.25) is 0 Å². The average Bonchev–Trinajstić information content (AvgIpc) is 3.23. The number of ether oxygens (including phenoxy) is 2. The number of hydrogen-bond donors (Lipinski definition) is 0. The van der Waals surface area contributed by atoms with Gasteiger partial charge in [0.2, 0.25) is 12.7 Å². The number of hydrogen-bond acceptors (Lipinski definition) is 3. The molecule has 1 amide bonds. The zero-order valence-electron chi connectivity index (χ0n) is 12.7. The molecule has 2 heterocycles. The lowest BCUT2D eigenvalue weighted by atomic mass is 9.92. The van der Waals surface area contributed by atoms with Gasteiger partial charge in [0, 0.05) is 12.5 Å². The quantitative estimate of drug-likeness (QED) is 0.785. The highest BCUT2D eigenvalue weighted by Gasteiger charge is 2.34. The molecule has 0 aromatic heterocycles. The van der Waals surface area contributed by atoms with Crippen LogP contribution < -0.4 is 9.47 Å². The van der Waals surface area contributed by atoms with Crippen molar-refractivity contribution in [2.75, 3.05) is 13.3 Å². The topological polar surface area (TPSA) is 38.8 Å². The zero-order valence-corrected chi connectivity index (χ0v) is 12.7. The van der Waals surface area contributed by atoms with Crippen molar-refractivity contribution in [3.05, 3.63) is 35.9 Å². The predicted molar refractivity (Wildman–Crippen MR) is 82.7 cm³/mol. The highest BCUT2D eigenvalue weighted by molar-refractivity contribution is 5.80. The molecule has 0 radical (unpaired) electrons. The molecule has 1 aromatic carbocycles. The first-order valence-electron chi connectivity index (χ1n) is 8.18. The maximum atomic E-state index is 12.9. The molecule has 0 saturated carbocycles. The third kappa shape index (κ3) is 2.36. The van der Waals surface area contributed by atoms with E-state index in [1.54, 1.807) is 0 Å². The molecule has 3 aliphatic rings. The molecule has 2 aliphatic heterocycles. The van der Waals surface area contributed by atoms with Crippen LogP contribution in [0.4, 0.5) is 0 Å². The van der Waals surface area contributed by atoms with Crippen molar-refractivity contribution in [3.8, 4) is 11.5 Å². The van der Waals surface area contributed by atoms with E-state index in [-0.39, 0.29) is 12.0 Å². The second kappa shape index (κ2) is 5.67. The summed E-state index contributed by atoms with van der Waals surface area (Å²) in [5, 5.41) is 0. The minimum atomic E-state index is 0.166. The molecular formula is C18H21NO3. The number of benzene rings is 1. The highest BCUT2D eigenvalue weighted by atomic mass is 16.7. The van der Waals surface area contributed by atoms with Gasteiger partial charge in [-0.25, -0.2) is 0 Å². The van der Waals surface area contributed by atoms with Crippen LogP contribution in [0.1, 0.15) is 43.7 Å². The fourth-order valence-electron chi connectivity index (χ4n) is 3.75. The van der Waals surface area contributed by atoms with Crippen LogP contribution in [0.25, 0.3) is 0 Å². The van der Waals surface area contributed by atoms with Crippen molar-refractivity contribution in [1.29, 1.82) is 0 Å². The maximum Gasteiger partial charge on any atom is 0.231 e. The number of carbonyl (C=O) groups is 1. The second-order valence-electron chi connectivity index (χ2n) is 6.28. The molecule has 2 atom stereocenters. The van der Waals surface area contributed by atoms with Gasteiger partial charge in [-0.05, 0) is 49.8 Å². The number of likely N-dealkylation sites (tertiary alicyclic amines) is 1. The minimum Gasteiger partial charge on any atom is -0.454 e. The monoisotopic (exact) mass is 299 g/mol. The van der Waals surface area contributed by atoms with Crippen molar-refractivity contribution in [1.82, 2.24) is 4.90 Å². The van der Waals surface area contributed by atoms with E-state index in [0.29, 0.717) is 12.7 Å². The van der Waals surface area contributed by atoms with E-state index < -0.39 is 0 Å². The second-order valence-corrected chi connectivity index (χ2v) is 6.28. The third-order valence-corrected chi connectivity index (χ3v) is 4.94. The lowest BCUT2D eigenvalue weighted by Gasteiger charge is -2.29. The summed E-state index contributed by atoms with van der Waals surface area (Å²) < 4.78 is 10.9. The molecule has 1 fully saturated rings. The van der Waals surface area contributed by atoms with Crippen molar-refractivity contribution >= 4 is 5.91 Å². The first-order valence-corrected chi connectivity index (χ1v) is 8.18. The van der Waals surface area contributed by atoms with Crippen LogP contribution in [-0.2, 0) is 4.79 Å². The van der Waals surface area contributed by atoms with Gasteiger partial charge in [-0.1, -0.05) is 18.2 Å². The summed E-state index contributed by atoms with van der Waals surface area (Å²) in [5.74, 6) is 2.10. The highest BCUT2D eigenvalue weighted by Crippen LogP contribution is 2.40. The summed E-state index contributed by atoms with van der Waals surface area (Å²) >= 11 is 0. The minimum absolute atomic E-state index is 0.166. The van der Waals surface area contributed by atoms with E-state index >= 15 is 0 Å². The van der Waals surface area contributed by atoms with Crippen LogP contribution in [0, 0.1) is 5.92 Å². The number of nitrogens with zero attached hydrogens (tertiary/aromatic N) is 1. The number of allylic oxidation sites excluding steroid dienone is 2. The Kier molecular flexibility index (Phi) is 3.53. The lowest BCUT2D eigenvalue weighted by Crippen LogP contribution is -2.36. The number of rotatable bonds is 2. The van der Waals surface area contributed by atoms with E-state index in [0.717, 1.165) is 50.1 Å². The van der Waals surface area contributed by atoms with E-state index in [1.807, 2.05) is 12.1 Å². The normalized spacial score (nSPS) is 26.5. The van der Waals surface area contributed by atoms with Gasteiger partial charge >= 0.3 is 0 Å². The molecule has 0 N–H and O–H groups in total. The van der Waals surface area contributed by atoms with Gasteiger partial charge < -0.3 is 14.4 Å². The Morgan fingerprint density at radius 1 is 1.14 bits per heavy atom. The van der Waals surface area contributed by atoms with Crippen LogP contribution in [0.15, 0.2) is 30.4 Å². The Morgan fingerprint density at radius 3 is 2.91 bits per heavy atom. The summed E-state index contributed by atoms with van der Waals surface area (Å²) in [4.78, 5) is 14.9. The van der Waals surface area contributed by atoms with E-state index in [2.05, 4.69) is 23.1 Å². The average molecular weight is 299 g/mol. The largest absolute Gasteiger partial charge is 0.454 e. The fraction of sp³-hybridized carbons (Fsp3) is 0.500. The standard InChI is InChI=1S/C18H21NO3/c20-18(13-5-2-1-3-6-13)19-10-4-7-15(19)14-8-9-16-17(11-14)22-12-21-16/h1-2,8-9,11,13,15H,3-7,10,12H2. The molecular weight excluding hydrogens is 278 g/mol. The van der Waals surface area contributed by atoms with Gasteiger partial charge in [0.25, 0.3) is 0 Å². The predicted octanol–water partition coefficient (Wildman–Crippen LogP) is 3.44. The summed E-state index contributed by atoms with van der Waals surface area (Å²) in [5.41, 5.74) is 1.17. The van der Waals surface area contributed by atoms with Crippen molar-refractivity contribution < 1.29 is 14.3 Å². The Hall–Kier alpha value is -1.97.